The number of rotatable bonds is 2. The SMILES string of the molecule is C=CC1=C(C=C)C(=O)B(C)O1. The second kappa shape index (κ2) is 2.78. The standard InChI is InChI=1S/C8H9BO2/c1-4-6-7(5-2)11-9(3)8(6)10/h4-5H,1-2H2,3H3. The van der Waals surface area contributed by atoms with Crippen molar-refractivity contribution in [1.82, 2.24) is 0 Å². The Bertz CT molecular complexity index is 253. The van der Waals surface area contributed by atoms with Crippen molar-refractivity contribution in [2.24, 2.45) is 0 Å². The van der Waals surface area contributed by atoms with Gasteiger partial charge in [0, 0.05) is 0 Å². The Morgan fingerprint density at radius 2 is 2.09 bits per heavy atom. The van der Waals surface area contributed by atoms with Gasteiger partial charge in [-0.3, -0.25) is 0 Å². The topological polar surface area (TPSA) is 26.3 Å². The molecule has 0 saturated heterocycles. The lowest BCUT2D eigenvalue weighted by molar-refractivity contribution is -0.109. The largest absolute Gasteiger partial charge is 0.553 e. The predicted molar refractivity (Wildman–Crippen MR) is 45.1 cm³/mol. The van der Waals surface area contributed by atoms with Gasteiger partial charge in [0.15, 0.2) is 5.68 Å². The van der Waals surface area contributed by atoms with Gasteiger partial charge in [0.05, 0.1) is 5.57 Å². The summed E-state index contributed by atoms with van der Waals surface area (Å²) in [7, 11) is 0. The lowest BCUT2D eigenvalue weighted by Gasteiger charge is -1.98. The first-order valence-corrected chi connectivity index (χ1v) is 3.40. The Morgan fingerprint density at radius 3 is 2.45 bits per heavy atom. The predicted octanol–water partition coefficient (Wildman–Crippen LogP) is 1.37. The minimum Gasteiger partial charge on any atom is -0.553 e. The zero-order valence-electron chi connectivity index (χ0n) is 6.46. The minimum atomic E-state index is -0.379. The van der Waals surface area contributed by atoms with Crippen LogP contribution in [0.1, 0.15) is 0 Å². The summed E-state index contributed by atoms with van der Waals surface area (Å²) < 4.78 is 5.17. The normalized spacial score (nSPS) is 16.8. The first-order valence-electron chi connectivity index (χ1n) is 3.40. The van der Waals surface area contributed by atoms with Crippen molar-refractivity contribution >= 4 is 12.6 Å². The molecule has 0 bridgehead atoms. The number of carbonyl (C=O) groups is 1. The van der Waals surface area contributed by atoms with Crippen LogP contribution in [-0.4, -0.2) is 12.6 Å². The lowest BCUT2D eigenvalue weighted by Crippen LogP contribution is -2.18. The van der Waals surface area contributed by atoms with Crippen LogP contribution < -0.4 is 0 Å². The number of hydrogen-bond donors (Lipinski definition) is 0. The van der Waals surface area contributed by atoms with Crippen LogP contribution in [0.2, 0.25) is 6.82 Å². The molecule has 0 atom stereocenters. The summed E-state index contributed by atoms with van der Waals surface area (Å²) in [6.45, 7) is 8.38. The van der Waals surface area contributed by atoms with Crippen molar-refractivity contribution in [2.45, 2.75) is 6.82 Å². The summed E-state index contributed by atoms with van der Waals surface area (Å²) in [6, 6.07) is 0. The average molecular weight is 148 g/mol. The Labute approximate surface area is 66.4 Å². The van der Waals surface area contributed by atoms with Crippen LogP contribution in [-0.2, 0) is 9.45 Å². The molecular formula is C8H9BO2. The molecule has 0 aromatic carbocycles. The maximum Gasteiger partial charge on any atom is 0.433 e. The van der Waals surface area contributed by atoms with E-state index in [9.17, 15) is 4.79 Å². The zero-order valence-corrected chi connectivity index (χ0v) is 6.46. The molecule has 0 aromatic heterocycles. The molecule has 0 unspecified atom stereocenters. The molecule has 1 heterocycles. The van der Waals surface area contributed by atoms with Crippen LogP contribution in [0, 0.1) is 0 Å². The van der Waals surface area contributed by atoms with Crippen LogP contribution in [0.25, 0.3) is 0 Å². The van der Waals surface area contributed by atoms with Gasteiger partial charge in [-0.15, -0.1) is 0 Å². The molecule has 0 fully saturated rings. The van der Waals surface area contributed by atoms with E-state index in [4.69, 9.17) is 4.65 Å². The summed E-state index contributed by atoms with van der Waals surface area (Å²) in [6.07, 6.45) is 3.03. The highest BCUT2D eigenvalue weighted by Gasteiger charge is 2.32. The van der Waals surface area contributed by atoms with E-state index in [0.717, 1.165) is 0 Å². The summed E-state index contributed by atoms with van der Waals surface area (Å²) in [5.74, 6) is 0.539. The van der Waals surface area contributed by atoms with Crippen molar-refractivity contribution in [3.05, 3.63) is 36.6 Å². The van der Waals surface area contributed by atoms with Crippen molar-refractivity contribution in [1.29, 1.82) is 0 Å². The highest BCUT2D eigenvalue weighted by atomic mass is 16.4. The molecule has 11 heavy (non-hydrogen) atoms. The second-order valence-electron chi connectivity index (χ2n) is 2.31. The van der Waals surface area contributed by atoms with E-state index in [1.54, 1.807) is 6.82 Å². The van der Waals surface area contributed by atoms with Gasteiger partial charge in [-0.05, 0) is 12.9 Å². The van der Waals surface area contributed by atoms with Crippen molar-refractivity contribution < 1.29 is 9.45 Å². The van der Waals surface area contributed by atoms with Gasteiger partial charge in [-0.25, -0.2) is 0 Å². The summed E-state index contributed by atoms with van der Waals surface area (Å²) >= 11 is 0. The van der Waals surface area contributed by atoms with E-state index >= 15 is 0 Å². The third-order valence-electron chi connectivity index (χ3n) is 1.59. The van der Waals surface area contributed by atoms with Gasteiger partial charge in [0.25, 0.3) is 0 Å². The van der Waals surface area contributed by atoms with Gasteiger partial charge in [0.1, 0.15) is 5.76 Å². The summed E-state index contributed by atoms with van der Waals surface area (Å²) in [5.41, 5.74) is 0.516. The highest BCUT2D eigenvalue weighted by Crippen LogP contribution is 2.20. The Kier molecular flexibility index (Phi) is 1.99. The van der Waals surface area contributed by atoms with Crippen LogP contribution in [0.3, 0.4) is 0 Å². The second-order valence-corrected chi connectivity index (χ2v) is 2.31. The van der Waals surface area contributed by atoms with Gasteiger partial charge < -0.3 is 9.45 Å². The van der Waals surface area contributed by atoms with Gasteiger partial charge in [-0.2, -0.15) is 0 Å². The third-order valence-corrected chi connectivity index (χ3v) is 1.59. The molecule has 0 radical (unpaired) electrons. The lowest BCUT2D eigenvalue weighted by atomic mass is 9.66. The summed E-state index contributed by atoms with van der Waals surface area (Å²) in [5, 5.41) is 0. The number of allylic oxidation sites excluding steroid dienone is 3. The first-order chi connectivity index (χ1) is 5.20. The molecular weight excluding hydrogens is 139 g/mol. The molecule has 0 spiro atoms. The van der Waals surface area contributed by atoms with Gasteiger partial charge >= 0.3 is 6.92 Å². The van der Waals surface area contributed by atoms with Crippen LogP contribution in [0.5, 0.6) is 0 Å². The summed E-state index contributed by atoms with van der Waals surface area (Å²) in [4.78, 5) is 11.2. The molecule has 1 aliphatic heterocycles. The van der Waals surface area contributed by atoms with Crippen LogP contribution in [0.15, 0.2) is 36.6 Å². The molecule has 0 aliphatic carbocycles. The number of carbonyl (C=O) groups excluding carboxylic acids is 1. The first kappa shape index (κ1) is 7.86. The quantitative estimate of drug-likeness (QED) is 0.552. The fourth-order valence-electron chi connectivity index (χ4n) is 1.01. The Balaban J connectivity index is 3.04. The molecule has 0 saturated carbocycles. The molecule has 2 nitrogen and oxygen atoms in total. The fraction of sp³-hybridized carbons (Fsp3) is 0.125. The molecule has 3 heteroatoms. The maximum atomic E-state index is 11.2. The third kappa shape index (κ3) is 1.14. The van der Waals surface area contributed by atoms with Crippen molar-refractivity contribution in [3.8, 4) is 0 Å². The molecule has 0 aromatic rings. The van der Waals surface area contributed by atoms with E-state index in [0.29, 0.717) is 11.3 Å². The van der Waals surface area contributed by atoms with Crippen LogP contribution >= 0.6 is 0 Å². The molecule has 0 amide bonds. The van der Waals surface area contributed by atoms with Crippen molar-refractivity contribution in [3.63, 3.8) is 0 Å². The van der Waals surface area contributed by atoms with Gasteiger partial charge in [0.2, 0.25) is 0 Å². The Hall–Kier alpha value is -1.25. The van der Waals surface area contributed by atoms with E-state index in [2.05, 4.69) is 13.2 Å². The van der Waals surface area contributed by atoms with Crippen LogP contribution in [0.4, 0.5) is 0 Å². The average Bonchev–Trinajstić information content (AvgIpc) is 2.28. The monoisotopic (exact) mass is 148 g/mol. The molecule has 0 N–H and O–H groups in total. The molecule has 56 valence electrons. The highest BCUT2D eigenvalue weighted by molar-refractivity contribution is 6.88. The van der Waals surface area contributed by atoms with Crippen molar-refractivity contribution in [2.75, 3.05) is 0 Å². The minimum absolute atomic E-state index is 0.0186. The van der Waals surface area contributed by atoms with Gasteiger partial charge in [-0.1, -0.05) is 19.2 Å². The smallest absolute Gasteiger partial charge is 0.433 e. The molecule has 1 rings (SSSR count). The maximum absolute atomic E-state index is 11.2. The fourth-order valence-corrected chi connectivity index (χ4v) is 1.01. The van der Waals surface area contributed by atoms with E-state index in [-0.39, 0.29) is 12.6 Å². The van der Waals surface area contributed by atoms with E-state index in [1.807, 2.05) is 0 Å². The van der Waals surface area contributed by atoms with E-state index in [1.165, 1.54) is 12.2 Å². The Morgan fingerprint density at radius 1 is 1.45 bits per heavy atom. The number of hydrogen-bond acceptors (Lipinski definition) is 2. The van der Waals surface area contributed by atoms with E-state index < -0.39 is 0 Å². The molecule has 1 aliphatic rings. The zero-order chi connectivity index (χ0) is 8.43.